The van der Waals surface area contributed by atoms with Gasteiger partial charge in [-0.2, -0.15) is 5.26 Å². The van der Waals surface area contributed by atoms with Gasteiger partial charge < -0.3 is 5.11 Å². The highest BCUT2D eigenvalue weighted by Gasteiger charge is 2.50. The predicted octanol–water partition coefficient (Wildman–Crippen LogP) is 5.13. The van der Waals surface area contributed by atoms with Gasteiger partial charge in [0.15, 0.2) is 0 Å². The second kappa shape index (κ2) is 7.73. The lowest BCUT2D eigenvalue weighted by atomic mass is 9.54. The molecule has 0 heterocycles. The van der Waals surface area contributed by atoms with Crippen molar-refractivity contribution in [3.05, 3.63) is 35.4 Å². The molecule has 3 nitrogen and oxygen atoms in total. The number of carboxylic acids is 1. The van der Waals surface area contributed by atoms with E-state index in [0.29, 0.717) is 11.5 Å². The Balaban J connectivity index is 1.99. The molecule has 5 heteroatoms. The van der Waals surface area contributed by atoms with E-state index < -0.39 is 29.4 Å². The van der Waals surface area contributed by atoms with Crippen molar-refractivity contribution in [1.29, 1.82) is 5.26 Å². The fourth-order valence-electron chi connectivity index (χ4n) is 5.44. The zero-order chi connectivity index (χ0) is 18.8. The zero-order valence-corrected chi connectivity index (χ0v) is 15.0. The van der Waals surface area contributed by atoms with Gasteiger partial charge in [-0.1, -0.05) is 26.2 Å². The normalized spacial score (nSPS) is 33.9. The number of nitrogens with zero attached hydrogens (tertiary/aromatic N) is 1. The Labute approximate surface area is 153 Å². The molecule has 1 aromatic rings. The third-order valence-corrected chi connectivity index (χ3v) is 6.43. The fraction of sp³-hybridized carbons (Fsp3) is 0.619. The second-order valence-corrected chi connectivity index (χ2v) is 7.94. The van der Waals surface area contributed by atoms with Gasteiger partial charge in [-0.3, -0.25) is 4.79 Å². The Morgan fingerprint density at radius 2 is 1.88 bits per heavy atom. The number of hydrogen-bond acceptors (Lipinski definition) is 2. The molecule has 0 bridgehead atoms. The van der Waals surface area contributed by atoms with Crippen LogP contribution in [0.2, 0.25) is 0 Å². The average Bonchev–Trinajstić information content (AvgIpc) is 2.59. The van der Waals surface area contributed by atoms with Crippen molar-refractivity contribution in [2.24, 2.45) is 29.6 Å². The molecule has 0 amide bonds. The molecule has 2 fully saturated rings. The van der Waals surface area contributed by atoms with E-state index in [4.69, 9.17) is 0 Å². The molecule has 0 saturated heterocycles. The Morgan fingerprint density at radius 3 is 2.46 bits per heavy atom. The maximum atomic E-state index is 13.8. The van der Waals surface area contributed by atoms with Crippen molar-refractivity contribution in [2.45, 2.75) is 51.4 Å². The van der Waals surface area contributed by atoms with Gasteiger partial charge in [-0.25, -0.2) is 8.78 Å². The van der Waals surface area contributed by atoms with E-state index in [1.165, 1.54) is 12.1 Å². The highest BCUT2D eigenvalue weighted by atomic mass is 19.1. The number of nitriles is 1. The van der Waals surface area contributed by atoms with Gasteiger partial charge in [0, 0.05) is 12.0 Å². The molecule has 6 unspecified atom stereocenters. The SMILES string of the molecule is CCCC1CCC2C(C1)C(C#N)CC(C(=O)O)C2c1cc(F)cc(F)c1. The van der Waals surface area contributed by atoms with E-state index in [1.54, 1.807) is 0 Å². The van der Waals surface area contributed by atoms with Crippen LogP contribution in [0.1, 0.15) is 56.9 Å². The van der Waals surface area contributed by atoms with Gasteiger partial charge in [0.2, 0.25) is 0 Å². The summed E-state index contributed by atoms with van der Waals surface area (Å²) in [5, 5.41) is 19.4. The van der Waals surface area contributed by atoms with Crippen LogP contribution in [-0.2, 0) is 4.79 Å². The quantitative estimate of drug-likeness (QED) is 0.809. The first kappa shape index (κ1) is 18.8. The molecule has 0 aromatic heterocycles. The summed E-state index contributed by atoms with van der Waals surface area (Å²) < 4.78 is 27.6. The number of halogens is 2. The summed E-state index contributed by atoms with van der Waals surface area (Å²) in [6.07, 6.45) is 5.19. The van der Waals surface area contributed by atoms with Crippen LogP contribution in [0.5, 0.6) is 0 Å². The average molecular weight is 361 g/mol. The smallest absolute Gasteiger partial charge is 0.307 e. The minimum atomic E-state index is -0.978. The predicted molar refractivity (Wildman–Crippen MR) is 93.2 cm³/mol. The first-order valence-electron chi connectivity index (χ1n) is 9.53. The molecule has 3 rings (SSSR count). The van der Waals surface area contributed by atoms with Crippen molar-refractivity contribution >= 4 is 5.97 Å². The zero-order valence-electron chi connectivity index (χ0n) is 15.0. The molecular weight excluding hydrogens is 336 g/mol. The van der Waals surface area contributed by atoms with E-state index >= 15 is 0 Å². The van der Waals surface area contributed by atoms with Crippen molar-refractivity contribution in [1.82, 2.24) is 0 Å². The standard InChI is InChI=1S/C21H25F2NO2/c1-2-3-12-4-5-17-18(6-12)14(11-24)9-19(21(25)26)20(17)13-7-15(22)10-16(23)8-13/h7-8,10,12,14,17-20H,2-6,9H2,1H3,(H,25,26). The minimum absolute atomic E-state index is 0.0104. The molecule has 0 aliphatic heterocycles. The molecule has 1 aromatic carbocycles. The molecule has 2 aliphatic rings. The van der Waals surface area contributed by atoms with Crippen LogP contribution in [0.25, 0.3) is 0 Å². The fourth-order valence-corrected chi connectivity index (χ4v) is 5.44. The van der Waals surface area contributed by atoms with Crippen LogP contribution in [0.15, 0.2) is 18.2 Å². The minimum Gasteiger partial charge on any atom is -0.481 e. The topological polar surface area (TPSA) is 61.1 Å². The van der Waals surface area contributed by atoms with Crippen LogP contribution < -0.4 is 0 Å². The summed E-state index contributed by atoms with van der Waals surface area (Å²) >= 11 is 0. The molecule has 1 N–H and O–H groups in total. The summed E-state index contributed by atoms with van der Waals surface area (Å²) in [4.78, 5) is 11.9. The molecular formula is C21H25F2NO2. The molecule has 0 radical (unpaired) electrons. The number of carboxylic acid groups (broad SMARTS) is 1. The van der Waals surface area contributed by atoms with Crippen molar-refractivity contribution in [3.8, 4) is 6.07 Å². The summed E-state index contributed by atoms with van der Waals surface area (Å²) in [6, 6.07) is 5.69. The summed E-state index contributed by atoms with van der Waals surface area (Å²) in [7, 11) is 0. The lowest BCUT2D eigenvalue weighted by Crippen LogP contribution is -2.44. The number of fused-ring (bicyclic) bond motifs is 1. The van der Waals surface area contributed by atoms with Crippen LogP contribution in [0.3, 0.4) is 0 Å². The maximum Gasteiger partial charge on any atom is 0.307 e. The van der Waals surface area contributed by atoms with E-state index in [1.807, 2.05) is 0 Å². The number of rotatable bonds is 4. The van der Waals surface area contributed by atoms with Gasteiger partial charge >= 0.3 is 5.97 Å². The Morgan fingerprint density at radius 1 is 1.19 bits per heavy atom. The van der Waals surface area contributed by atoms with Gasteiger partial charge in [0.05, 0.1) is 17.9 Å². The number of aliphatic carboxylic acids is 1. The molecule has 0 spiro atoms. The van der Waals surface area contributed by atoms with Gasteiger partial charge in [-0.15, -0.1) is 0 Å². The van der Waals surface area contributed by atoms with Gasteiger partial charge in [0.25, 0.3) is 0 Å². The van der Waals surface area contributed by atoms with Crippen molar-refractivity contribution < 1.29 is 18.7 Å². The highest BCUT2D eigenvalue weighted by Crippen LogP contribution is 2.54. The van der Waals surface area contributed by atoms with Crippen LogP contribution in [0.4, 0.5) is 8.78 Å². The van der Waals surface area contributed by atoms with E-state index in [2.05, 4.69) is 13.0 Å². The Bertz CT molecular complexity index is 694. The molecule has 26 heavy (non-hydrogen) atoms. The highest BCUT2D eigenvalue weighted by molar-refractivity contribution is 5.72. The van der Waals surface area contributed by atoms with E-state index in [-0.39, 0.29) is 24.2 Å². The third-order valence-electron chi connectivity index (χ3n) is 6.43. The molecule has 140 valence electrons. The first-order valence-corrected chi connectivity index (χ1v) is 9.53. The number of carbonyl (C=O) groups is 1. The lowest BCUT2D eigenvalue weighted by Gasteiger charge is -2.48. The first-order chi connectivity index (χ1) is 12.4. The van der Waals surface area contributed by atoms with Crippen molar-refractivity contribution in [3.63, 3.8) is 0 Å². The third kappa shape index (κ3) is 3.60. The second-order valence-electron chi connectivity index (χ2n) is 7.94. The van der Waals surface area contributed by atoms with Crippen molar-refractivity contribution in [2.75, 3.05) is 0 Å². The summed E-state index contributed by atoms with van der Waals surface area (Å²) in [5.41, 5.74) is 0.426. The van der Waals surface area contributed by atoms with Crippen LogP contribution in [-0.4, -0.2) is 11.1 Å². The number of benzene rings is 1. The maximum absolute atomic E-state index is 13.8. The van der Waals surface area contributed by atoms with E-state index in [9.17, 15) is 23.9 Å². The van der Waals surface area contributed by atoms with Gasteiger partial charge in [0.1, 0.15) is 11.6 Å². The summed E-state index contributed by atoms with van der Waals surface area (Å²) in [6.45, 7) is 2.15. The molecule has 2 saturated carbocycles. The molecule has 6 atom stereocenters. The van der Waals surface area contributed by atoms with Crippen LogP contribution >= 0.6 is 0 Å². The Kier molecular flexibility index (Phi) is 5.60. The monoisotopic (exact) mass is 361 g/mol. The van der Waals surface area contributed by atoms with Gasteiger partial charge in [-0.05, 0) is 54.7 Å². The number of hydrogen-bond donors (Lipinski definition) is 1. The summed E-state index contributed by atoms with van der Waals surface area (Å²) in [5.74, 6) is -3.18. The lowest BCUT2D eigenvalue weighted by molar-refractivity contribution is -0.146. The van der Waals surface area contributed by atoms with E-state index in [0.717, 1.165) is 38.2 Å². The largest absolute Gasteiger partial charge is 0.481 e. The molecule has 2 aliphatic carbocycles. The Hall–Kier alpha value is -1.96. The van der Waals surface area contributed by atoms with Crippen LogP contribution in [0, 0.1) is 52.6 Å².